The monoisotopic (exact) mass is 393 g/mol. The lowest BCUT2D eigenvalue weighted by atomic mass is 10.1. The van der Waals surface area contributed by atoms with Gasteiger partial charge in [-0.2, -0.15) is 4.91 Å². The second-order valence-electron chi connectivity index (χ2n) is 6.71. The predicted octanol–water partition coefficient (Wildman–Crippen LogP) is 2.93. The van der Waals surface area contributed by atoms with Crippen LogP contribution < -0.4 is 0 Å². The molecule has 2 unspecified atom stereocenters. The Hall–Kier alpha value is -1.74. The summed E-state index contributed by atoms with van der Waals surface area (Å²) in [5.41, 5.74) is 3.12. The van der Waals surface area contributed by atoms with Gasteiger partial charge in [-0.05, 0) is 39.2 Å². The van der Waals surface area contributed by atoms with Crippen LogP contribution in [0.4, 0.5) is 0 Å². The number of hydrogen-bond acceptors (Lipinski definition) is 7. The van der Waals surface area contributed by atoms with Gasteiger partial charge in [-0.25, -0.2) is 4.99 Å². The number of aliphatic hydroxyl groups is 2. The number of aliphatic hydroxyl groups excluding tert-OH is 2. The van der Waals surface area contributed by atoms with Crippen LogP contribution in [-0.2, 0) is 4.74 Å². The molecule has 1 saturated heterocycles. The summed E-state index contributed by atoms with van der Waals surface area (Å²) in [6.07, 6.45) is 3.44. The van der Waals surface area contributed by atoms with Crippen LogP contribution in [0.5, 0.6) is 0 Å². The maximum atomic E-state index is 10.6. The fourth-order valence-electron chi connectivity index (χ4n) is 2.83. The highest BCUT2D eigenvalue weighted by molar-refractivity contribution is 8.02. The topological polar surface area (TPSA) is 94.7 Å². The van der Waals surface area contributed by atoms with E-state index in [2.05, 4.69) is 10.2 Å². The van der Waals surface area contributed by atoms with E-state index in [1.807, 2.05) is 45.3 Å². The van der Waals surface area contributed by atoms with Gasteiger partial charge in [-0.1, -0.05) is 22.4 Å². The van der Waals surface area contributed by atoms with E-state index >= 15 is 0 Å². The second kappa shape index (κ2) is 9.98. The van der Waals surface area contributed by atoms with E-state index in [9.17, 15) is 15.1 Å². The number of ether oxygens (including phenoxy) is 1. The molecule has 7 nitrogen and oxygen atoms in total. The highest BCUT2D eigenvalue weighted by Crippen LogP contribution is 2.31. The van der Waals surface area contributed by atoms with Crippen LogP contribution in [0, 0.1) is 4.91 Å². The Morgan fingerprint density at radius 3 is 2.70 bits per heavy atom. The van der Waals surface area contributed by atoms with Crippen molar-refractivity contribution < 1.29 is 14.9 Å². The summed E-state index contributed by atoms with van der Waals surface area (Å²) >= 11 is 1.69. The van der Waals surface area contributed by atoms with E-state index in [-0.39, 0.29) is 6.54 Å². The van der Waals surface area contributed by atoms with Gasteiger partial charge in [-0.3, -0.25) is 0 Å². The Morgan fingerprint density at radius 1 is 1.33 bits per heavy atom. The molecule has 0 spiro atoms. The molecule has 1 fully saturated rings. The zero-order valence-electron chi connectivity index (χ0n) is 16.1. The van der Waals surface area contributed by atoms with Gasteiger partial charge in [-0.15, -0.1) is 11.8 Å². The standard InChI is InChI=1S/C19H27N3O4S/c1-5-8-27-11-13(4)14-6-7-22(18(14)20-9-12(2)3)19-17(24)16(23)15(26-19)10-21-25/h5-9,15-17,19,23-24H,10-11H2,1-4H3/b8-5-,14-13+,20-18+/t15?,16-,17-,19?/m1/s1. The highest BCUT2D eigenvalue weighted by atomic mass is 32.2. The third-order valence-electron chi connectivity index (χ3n) is 4.19. The van der Waals surface area contributed by atoms with Crippen molar-refractivity contribution in [1.29, 1.82) is 0 Å². The van der Waals surface area contributed by atoms with Crippen LogP contribution in [0.25, 0.3) is 0 Å². The molecule has 4 atom stereocenters. The number of amidine groups is 1. The van der Waals surface area contributed by atoms with Crippen molar-refractivity contribution in [3.63, 3.8) is 0 Å². The minimum atomic E-state index is -1.18. The fourth-order valence-corrected chi connectivity index (χ4v) is 3.53. The molecule has 2 rings (SSSR count). The molecule has 0 bridgehead atoms. The van der Waals surface area contributed by atoms with Crippen molar-refractivity contribution in [2.75, 3.05) is 12.3 Å². The first-order valence-corrected chi connectivity index (χ1v) is 9.86. The Labute approximate surface area is 164 Å². The molecule has 27 heavy (non-hydrogen) atoms. The first kappa shape index (κ1) is 21.6. The molecule has 0 aliphatic carbocycles. The molecule has 2 heterocycles. The molecule has 8 heteroatoms. The van der Waals surface area contributed by atoms with Gasteiger partial charge in [0.25, 0.3) is 0 Å². The molecule has 2 aliphatic rings. The molecule has 0 aromatic rings. The predicted molar refractivity (Wildman–Crippen MR) is 109 cm³/mol. The van der Waals surface area contributed by atoms with Gasteiger partial charge in [0.2, 0.25) is 0 Å². The molecular weight excluding hydrogens is 366 g/mol. The van der Waals surface area contributed by atoms with Gasteiger partial charge in [0.05, 0.1) is 0 Å². The Bertz CT molecular complexity index is 695. The number of nitrogens with zero attached hydrogens (tertiary/aromatic N) is 3. The number of hydrogen-bond donors (Lipinski definition) is 2. The normalized spacial score (nSPS) is 31.2. The van der Waals surface area contributed by atoms with Crippen LogP contribution in [0.15, 0.2) is 56.8 Å². The Morgan fingerprint density at radius 2 is 2.07 bits per heavy atom. The summed E-state index contributed by atoms with van der Waals surface area (Å²) < 4.78 is 5.71. The van der Waals surface area contributed by atoms with Crippen molar-refractivity contribution in [1.82, 2.24) is 4.90 Å². The van der Waals surface area contributed by atoms with E-state index in [1.54, 1.807) is 29.1 Å². The van der Waals surface area contributed by atoms with Crippen LogP contribution >= 0.6 is 11.8 Å². The summed E-state index contributed by atoms with van der Waals surface area (Å²) in [5, 5.41) is 25.4. The molecule has 0 amide bonds. The lowest BCUT2D eigenvalue weighted by molar-refractivity contribution is -0.0410. The largest absolute Gasteiger partial charge is 0.387 e. The van der Waals surface area contributed by atoms with Crippen molar-refractivity contribution in [2.45, 2.75) is 52.2 Å². The molecule has 0 aromatic carbocycles. The highest BCUT2D eigenvalue weighted by Gasteiger charge is 2.47. The third kappa shape index (κ3) is 5.16. The fraction of sp³-hybridized carbons (Fsp3) is 0.526. The molecule has 0 radical (unpaired) electrons. The quantitative estimate of drug-likeness (QED) is 0.646. The lowest BCUT2D eigenvalue weighted by Crippen LogP contribution is -2.43. The maximum absolute atomic E-state index is 10.6. The number of thioether (sulfide) groups is 1. The molecule has 0 saturated carbocycles. The average Bonchev–Trinajstić information content (AvgIpc) is 3.16. The average molecular weight is 394 g/mol. The number of allylic oxidation sites excluding steroid dienone is 2. The van der Waals surface area contributed by atoms with Gasteiger partial charge in [0.15, 0.2) is 6.23 Å². The van der Waals surface area contributed by atoms with Crippen molar-refractivity contribution >= 4 is 17.6 Å². The smallest absolute Gasteiger partial charge is 0.164 e. The van der Waals surface area contributed by atoms with E-state index in [1.165, 1.54) is 0 Å². The van der Waals surface area contributed by atoms with E-state index in [0.29, 0.717) is 5.84 Å². The van der Waals surface area contributed by atoms with Crippen molar-refractivity contribution in [2.24, 2.45) is 10.2 Å². The number of aliphatic imine (C=N–C) groups is 1. The summed E-state index contributed by atoms with van der Waals surface area (Å²) in [4.78, 5) is 16.8. The SMILES string of the molecule is C/C=C\SC/C(C)=C1\C=CN(C2OC(CN=O)[C@@H](O)[C@H]2O)\C1=N\C=C(C)C. The first-order valence-electron chi connectivity index (χ1n) is 8.82. The van der Waals surface area contributed by atoms with Gasteiger partial charge in [0.1, 0.15) is 30.7 Å². The molecule has 148 valence electrons. The first-order chi connectivity index (χ1) is 12.9. The lowest BCUT2D eigenvalue weighted by Gasteiger charge is -2.27. The minimum Gasteiger partial charge on any atom is -0.387 e. The van der Waals surface area contributed by atoms with Crippen LogP contribution in [-0.4, -0.2) is 57.8 Å². The zero-order valence-corrected chi connectivity index (χ0v) is 16.9. The number of nitroso groups, excluding NO2 is 1. The summed E-state index contributed by atoms with van der Waals surface area (Å²) in [6, 6.07) is 0. The van der Waals surface area contributed by atoms with E-state index in [4.69, 9.17) is 4.74 Å². The van der Waals surface area contributed by atoms with Crippen LogP contribution in [0.1, 0.15) is 27.7 Å². The zero-order chi connectivity index (χ0) is 20.0. The summed E-state index contributed by atoms with van der Waals surface area (Å²) in [7, 11) is 0. The summed E-state index contributed by atoms with van der Waals surface area (Å²) in [5.74, 6) is 1.45. The summed E-state index contributed by atoms with van der Waals surface area (Å²) in [6.45, 7) is 7.70. The van der Waals surface area contributed by atoms with Crippen LogP contribution in [0.3, 0.4) is 0 Å². The molecule has 2 aliphatic heterocycles. The Kier molecular flexibility index (Phi) is 7.97. The van der Waals surface area contributed by atoms with E-state index < -0.39 is 24.5 Å². The third-order valence-corrected chi connectivity index (χ3v) is 5.25. The number of rotatable bonds is 7. The minimum absolute atomic E-state index is 0.214. The molecule has 2 N–H and O–H groups in total. The molecular formula is C19H27N3O4S. The second-order valence-corrected chi connectivity index (χ2v) is 7.61. The van der Waals surface area contributed by atoms with Crippen molar-refractivity contribution in [3.8, 4) is 0 Å². The van der Waals surface area contributed by atoms with E-state index in [0.717, 1.165) is 22.5 Å². The maximum Gasteiger partial charge on any atom is 0.164 e. The Balaban J connectivity index is 2.32. The van der Waals surface area contributed by atoms with Gasteiger partial charge in [0, 0.05) is 23.7 Å². The van der Waals surface area contributed by atoms with Gasteiger partial charge < -0.3 is 19.8 Å². The van der Waals surface area contributed by atoms with Crippen LogP contribution in [0.2, 0.25) is 0 Å². The van der Waals surface area contributed by atoms with Crippen molar-refractivity contribution in [3.05, 3.63) is 51.6 Å². The molecule has 0 aromatic heterocycles. The van der Waals surface area contributed by atoms with Gasteiger partial charge >= 0.3 is 0 Å².